The van der Waals surface area contributed by atoms with E-state index in [9.17, 15) is 10.1 Å². The highest BCUT2D eigenvalue weighted by atomic mass is 16.6. The minimum Gasteiger partial charge on any atom is -0.265 e. The molecular formula is C19H27NO2. The molecule has 7 rings (SSSR count). The normalized spacial score (nSPS) is 61.0. The molecular weight excluding hydrogens is 274 g/mol. The summed E-state index contributed by atoms with van der Waals surface area (Å²) in [7, 11) is 0. The summed E-state index contributed by atoms with van der Waals surface area (Å²) >= 11 is 0. The van der Waals surface area contributed by atoms with E-state index in [1.807, 2.05) is 0 Å². The first-order valence-electron chi connectivity index (χ1n) is 9.89. The van der Waals surface area contributed by atoms with Crippen LogP contribution in [0.3, 0.4) is 0 Å². The average molecular weight is 301 g/mol. The lowest BCUT2D eigenvalue weighted by Gasteiger charge is -2.68. The minimum absolute atomic E-state index is 0.149. The Hall–Kier alpha value is -0.600. The van der Waals surface area contributed by atoms with E-state index >= 15 is 0 Å². The number of hydrogen-bond acceptors (Lipinski definition) is 2. The number of rotatable bonds is 6. The summed E-state index contributed by atoms with van der Waals surface area (Å²) in [5, 5.41) is 10.4. The number of unbranched alkanes of at least 4 members (excludes halogenated alkanes) is 2. The lowest BCUT2D eigenvalue weighted by Crippen LogP contribution is -2.64. The summed E-state index contributed by atoms with van der Waals surface area (Å²) in [5.74, 6) is 12.5. The minimum atomic E-state index is -0.149. The molecule has 120 valence electrons. The predicted molar refractivity (Wildman–Crippen MR) is 82.6 cm³/mol. The average Bonchev–Trinajstić information content (AvgIpc) is 2.68. The van der Waals surface area contributed by atoms with Gasteiger partial charge in [0, 0.05) is 11.3 Å². The van der Waals surface area contributed by atoms with Crippen molar-refractivity contribution in [2.45, 2.75) is 44.9 Å². The van der Waals surface area contributed by atoms with Crippen LogP contribution in [-0.4, -0.2) is 11.5 Å². The summed E-state index contributed by atoms with van der Waals surface area (Å²) in [5.41, 5.74) is 0. The fraction of sp³-hybridized carbons (Fsp3) is 1.00. The van der Waals surface area contributed by atoms with Gasteiger partial charge in [-0.25, -0.2) is 0 Å². The zero-order valence-corrected chi connectivity index (χ0v) is 13.3. The van der Waals surface area contributed by atoms with Crippen LogP contribution in [0.1, 0.15) is 44.9 Å². The van der Waals surface area contributed by atoms with Crippen LogP contribution in [-0.2, 0) is 0 Å². The molecule has 11 atom stereocenters. The van der Waals surface area contributed by atoms with Crippen molar-refractivity contribution >= 4 is 0 Å². The molecule has 0 heterocycles. The third kappa shape index (κ3) is 1.25. The Kier molecular flexibility index (Phi) is 2.37. The van der Waals surface area contributed by atoms with E-state index in [2.05, 4.69) is 0 Å². The van der Waals surface area contributed by atoms with Crippen LogP contribution in [0.15, 0.2) is 0 Å². The van der Waals surface area contributed by atoms with Gasteiger partial charge in [0.15, 0.2) is 0 Å². The molecule has 7 saturated carbocycles. The molecule has 8 bridgehead atoms. The van der Waals surface area contributed by atoms with Crippen LogP contribution in [0.4, 0.5) is 0 Å². The summed E-state index contributed by atoms with van der Waals surface area (Å²) in [6.45, 7) is 0.182. The van der Waals surface area contributed by atoms with Gasteiger partial charge in [0.05, 0.1) is 0 Å². The number of hydrogen-bond donors (Lipinski definition) is 0. The monoisotopic (exact) mass is 301 g/mol. The summed E-state index contributed by atoms with van der Waals surface area (Å²) in [4.78, 5) is 10.3. The number of nitro groups is 1. The maximum atomic E-state index is 10.4. The molecule has 0 spiro atoms. The molecule has 0 aromatic carbocycles. The van der Waals surface area contributed by atoms with E-state index < -0.39 is 0 Å². The third-order valence-corrected chi connectivity index (χ3v) is 9.49. The highest BCUT2D eigenvalue weighted by Crippen LogP contribution is 2.86. The molecule has 0 N–H and O–H groups in total. The molecule has 3 heteroatoms. The second-order valence-electron chi connectivity index (χ2n) is 9.50. The Bertz CT molecular complexity index is 534. The molecule has 0 aliphatic heterocycles. The van der Waals surface area contributed by atoms with Gasteiger partial charge in [-0.15, -0.1) is 0 Å². The van der Waals surface area contributed by atoms with Gasteiger partial charge in [0.25, 0.3) is 0 Å². The van der Waals surface area contributed by atoms with Gasteiger partial charge in [0.2, 0.25) is 6.54 Å². The van der Waals surface area contributed by atoms with Gasteiger partial charge in [0.1, 0.15) is 0 Å². The molecule has 0 radical (unpaired) electrons. The molecule has 3 nitrogen and oxygen atoms in total. The second kappa shape index (κ2) is 4.08. The van der Waals surface area contributed by atoms with E-state index in [1.165, 1.54) is 24.7 Å². The highest BCUT2D eigenvalue weighted by molar-refractivity contribution is 5.29. The molecule has 0 aromatic heterocycles. The molecule has 0 saturated heterocycles. The molecule has 7 aliphatic carbocycles. The van der Waals surface area contributed by atoms with Crippen molar-refractivity contribution in [2.75, 3.05) is 6.54 Å². The molecule has 0 amide bonds. The van der Waals surface area contributed by atoms with Crippen LogP contribution < -0.4 is 0 Å². The molecule has 10 unspecified atom stereocenters. The van der Waals surface area contributed by atoms with E-state index in [-0.39, 0.29) is 11.5 Å². The largest absolute Gasteiger partial charge is 0.265 e. The van der Waals surface area contributed by atoms with Crippen LogP contribution in [0.25, 0.3) is 0 Å². The van der Waals surface area contributed by atoms with Crippen molar-refractivity contribution in [1.82, 2.24) is 0 Å². The van der Waals surface area contributed by atoms with Crippen LogP contribution in [0.5, 0.6) is 0 Å². The summed E-state index contributed by atoms with van der Waals surface area (Å²) in [6.07, 6.45) is 9.27. The third-order valence-electron chi connectivity index (χ3n) is 9.49. The maximum absolute atomic E-state index is 10.4. The number of nitrogens with zero attached hydrogens (tertiary/aromatic N) is 1. The van der Waals surface area contributed by atoms with Crippen molar-refractivity contribution in [1.29, 1.82) is 0 Å². The van der Waals surface area contributed by atoms with E-state index in [4.69, 9.17) is 0 Å². The molecule has 7 fully saturated rings. The van der Waals surface area contributed by atoms with Gasteiger partial charge in [-0.1, -0.05) is 6.42 Å². The second-order valence-corrected chi connectivity index (χ2v) is 9.50. The van der Waals surface area contributed by atoms with Gasteiger partial charge in [-0.2, -0.15) is 0 Å². The lowest BCUT2D eigenvalue weighted by atomic mass is 9.36. The highest BCUT2D eigenvalue weighted by Gasteiger charge is 2.82. The Morgan fingerprint density at radius 1 is 0.773 bits per heavy atom. The van der Waals surface area contributed by atoms with Crippen molar-refractivity contribution in [3.05, 3.63) is 10.1 Å². The first-order chi connectivity index (χ1) is 10.8. The topological polar surface area (TPSA) is 43.1 Å². The van der Waals surface area contributed by atoms with Crippen molar-refractivity contribution in [3.8, 4) is 0 Å². The van der Waals surface area contributed by atoms with Gasteiger partial charge >= 0.3 is 0 Å². The Labute approximate surface area is 132 Å². The zero-order chi connectivity index (χ0) is 14.6. The summed E-state index contributed by atoms with van der Waals surface area (Å²) < 4.78 is 0. The standard InChI is InChI=1S/C19H27NO2/c21-20(22)7-3-1-2-4-9-12-8-13-15-11-6-5-10(11)14(12)18-16(9)19(15)17(13)18/h9-19H,1-8H2/t9-,10?,11?,12?,13?,14?,15?,16?,17?,18?,19?/m0/s1. The van der Waals surface area contributed by atoms with Crippen LogP contribution in [0, 0.1) is 75.2 Å². The van der Waals surface area contributed by atoms with Gasteiger partial charge in [-0.3, -0.25) is 10.1 Å². The van der Waals surface area contributed by atoms with E-state index in [1.54, 1.807) is 19.3 Å². The van der Waals surface area contributed by atoms with Crippen LogP contribution in [0.2, 0.25) is 0 Å². The quantitative estimate of drug-likeness (QED) is 0.425. The molecule has 0 aromatic rings. The first kappa shape index (κ1) is 12.8. The van der Waals surface area contributed by atoms with Gasteiger partial charge in [-0.05, 0) is 97.2 Å². The van der Waals surface area contributed by atoms with Crippen molar-refractivity contribution < 1.29 is 4.92 Å². The van der Waals surface area contributed by atoms with E-state index in [0.29, 0.717) is 0 Å². The van der Waals surface area contributed by atoms with Crippen LogP contribution >= 0.6 is 0 Å². The zero-order valence-electron chi connectivity index (χ0n) is 13.3. The smallest absolute Gasteiger partial charge is 0.203 e. The first-order valence-corrected chi connectivity index (χ1v) is 9.89. The molecule has 22 heavy (non-hydrogen) atoms. The Balaban J connectivity index is 1.17. The van der Waals surface area contributed by atoms with Gasteiger partial charge < -0.3 is 0 Å². The fourth-order valence-corrected chi connectivity index (χ4v) is 9.18. The predicted octanol–water partition coefficient (Wildman–Crippen LogP) is 3.85. The van der Waals surface area contributed by atoms with Crippen molar-refractivity contribution in [2.24, 2.45) is 65.1 Å². The maximum Gasteiger partial charge on any atom is 0.203 e. The van der Waals surface area contributed by atoms with E-state index in [0.717, 1.165) is 66.1 Å². The lowest BCUT2D eigenvalue weighted by molar-refractivity contribution is -0.480. The molecule has 7 aliphatic rings. The Morgan fingerprint density at radius 2 is 1.50 bits per heavy atom. The SMILES string of the molecule is O=[N+]([O-])CCCCC[C@H]1C2CC3C4C5CCC5C2C2C3C4C21. The summed E-state index contributed by atoms with van der Waals surface area (Å²) in [6, 6.07) is 0. The Morgan fingerprint density at radius 3 is 2.18 bits per heavy atom. The fourth-order valence-electron chi connectivity index (χ4n) is 9.18. The van der Waals surface area contributed by atoms with Crippen molar-refractivity contribution in [3.63, 3.8) is 0 Å².